The molecule has 144 valence electrons. The van der Waals surface area contributed by atoms with E-state index in [4.69, 9.17) is 18.9 Å². The van der Waals surface area contributed by atoms with Gasteiger partial charge in [-0.2, -0.15) is 0 Å². The molecule has 1 rings (SSSR count). The van der Waals surface area contributed by atoms with Crippen molar-refractivity contribution < 1.29 is 29.2 Å². The van der Waals surface area contributed by atoms with E-state index in [2.05, 4.69) is 31.9 Å². The van der Waals surface area contributed by atoms with Gasteiger partial charge in [0.1, 0.15) is 10.0 Å². The third kappa shape index (κ3) is 7.15. The van der Waals surface area contributed by atoms with Crippen LogP contribution in [0, 0.1) is 10.8 Å². The Balaban J connectivity index is 2.76. The number of alkyl halides is 2. The van der Waals surface area contributed by atoms with E-state index < -0.39 is 10.8 Å². The molecule has 0 aromatic heterocycles. The SMILES string of the molecule is CCC1(CO)COCC(Br)OCC(CC)(CO)COCC(Br)OC1. The molecule has 0 saturated carbocycles. The van der Waals surface area contributed by atoms with Crippen LogP contribution in [0.2, 0.25) is 0 Å². The van der Waals surface area contributed by atoms with Gasteiger partial charge >= 0.3 is 0 Å². The van der Waals surface area contributed by atoms with Crippen molar-refractivity contribution in [1.29, 1.82) is 0 Å². The van der Waals surface area contributed by atoms with Crippen LogP contribution in [0.3, 0.4) is 0 Å². The third-order valence-electron chi connectivity index (χ3n) is 4.63. The maximum absolute atomic E-state index is 9.75. The van der Waals surface area contributed by atoms with Crippen molar-refractivity contribution >= 4 is 31.9 Å². The minimum Gasteiger partial charge on any atom is -0.396 e. The first-order chi connectivity index (χ1) is 11.4. The molecule has 1 heterocycles. The van der Waals surface area contributed by atoms with Crippen molar-refractivity contribution in [2.45, 2.75) is 36.7 Å². The lowest BCUT2D eigenvalue weighted by molar-refractivity contribution is -0.110. The molecule has 2 N–H and O–H groups in total. The lowest BCUT2D eigenvalue weighted by Gasteiger charge is -2.34. The summed E-state index contributed by atoms with van der Waals surface area (Å²) in [6.45, 7) is 6.18. The molecule has 0 amide bonds. The van der Waals surface area contributed by atoms with Crippen LogP contribution in [0.4, 0.5) is 0 Å². The molecule has 4 unspecified atom stereocenters. The molecule has 0 bridgehead atoms. The monoisotopic (exact) mass is 476 g/mol. The fourth-order valence-corrected chi connectivity index (χ4v) is 2.90. The Morgan fingerprint density at radius 1 is 0.792 bits per heavy atom. The van der Waals surface area contributed by atoms with E-state index in [-0.39, 0.29) is 23.2 Å². The Morgan fingerprint density at radius 3 is 1.46 bits per heavy atom. The lowest BCUT2D eigenvalue weighted by atomic mass is 9.88. The fraction of sp³-hybridized carbons (Fsp3) is 1.00. The molecule has 1 aliphatic rings. The summed E-state index contributed by atoms with van der Waals surface area (Å²) in [5, 5.41) is 18.9. The smallest absolute Gasteiger partial charge is 0.135 e. The minimum atomic E-state index is -0.443. The van der Waals surface area contributed by atoms with Crippen LogP contribution in [0.5, 0.6) is 0 Å². The molecular weight excluding hydrogens is 448 g/mol. The quantitative estimate of drug-likeness (QED) is 0.605. The van der Waals surface area contributed by atoms with E-state index in [0.29, 0.717) is 39.6 Å². The zero-order valence-corrected chi connectivity index (χ0v) is 17.7. The number of hydrogen-bond acceptors (Lipinski definition) is 6. The van der Waals surface area contributed by atoms with Gasteiger partial charge in [-0.1, -0.05) is 45.7 Å². The van der Waals surface area contributed by atoms with E-state index >= 15 is 0 Å². The van der Waals surface area contributed by atoms with Crippen LogP contribution in [-0.4, -0.2) is 73.1 Å². The van der Waals surface area contributed by atoms with E-state index in [9.17, 15) is 10.2 Å². The average molecular weight is 478 g/mol. The number of rotatable bonds is 4. The largest absolute Gasteiger partial charge is 0.396 e. The van der Waals surface area contributed by atoms with Crippen LogP contribution in [0.1, 0.15) is 26.7 Å². The molecule has 1 fully saturated rings. The highest BCUT2D eigenvalue weighted by molar-refractivity contribution is 9.09. The molecule has 0 spiro atoms. The molecule has 8 heteroatoms. The van der Waals surface area contributed by atoms with Gasteiger partial charge < -0.3 is 29.2 Å². The van der Waals surface area contributed by atoms with E-state index in [1.807, 2.05) is 13.8 Å². The summed E-state index contributed by atoms with van der Waals surface area (Å²) in [6.07, 6.45) is 1.47. The highest BCUT2D eigenvalue weighted by Crippen LogP contribution is 2.27. The summed E-state index contributed by atoms with van der Waals surface area (Å²) < 4.78 is 23.1. The topological polar surface area (TPSA) is 77.4 Å². The van der Waals surface area contributed by atoms with Crippen molar-refractivity contribution in [2.75, 3.05) is 52.9 Å². The molecule has 24 heavy (non-hydrogen) atoms. The molecule has 0 radical (unpaired) electrons. The second-order valence-electron chi connectivity index (χ2n) is 6.50. The zero-order valence-electron chi connectivity index (χ0n) is 14.5. The lowest BCUT2D eigenvalue weighted by Crippen LogP contribution is -2.40. The van der Waals surface area contributed by atoms with Crippen LogP contribution in [-0.2, 0) is 18.9 Å². The van der Waals surface area contributed by atoms with Gasteiger partial charge in [-0.05, 0) is 12.8 Å². The van der Waals surface area contributed by atoms with Gasteiger partial charge in [-0.3, -0.25) is 0 Å². The van der Waals surface area contributed by atoms with Crippen LogP contribution >= 0.6 is 31.9 Å². The summed E-state index contributed by atoms with van der Waals surface area (Å²) in [6, 6.07) is 0. The first kappa shape index (κ1) is 22.8. The van der Waals surface area contributed by atoms with Crippen molar-refractivity contribution in [3.05, 3.63) is 0 Å². The number of aliphatic hydroxyl groups excluding tert-OH is 2. The summed E-state index contributed by atoms with van der Waals surface area (Å²) in [7, 11) is 0. The van der Waals surface area contributed by atoms with Crippen molar-refractivity contribution in [2.24, 2.45) is 10.8 Å². The Bertz CT molecular complexity index is 305. The van der Waals surface area contributed by atoms with Crippen molar-refractivity contribution in [1.82, 2.24) is 0 Å². The van der Waals surface area contributed by atoms with E-state index in [0.717, 1.165) is 12.8 Å². The van der Waals surface area contributed by atoms with Gasteiger partial charge in [-0.15, -0.1) is 0 Å². The maximum Gasteiger partial charge on any atom is 0.135 e. The Kier molecular flexibility index (Phi) is 10.8. The van der Waals surface area contributed by atoms with E-state index in [1.165, 1.54) is 0 Å². The van der Waals surface area contributed by atoms with Gasteiger partial charge in [0.05, 0.1) is 52.9 Å². The summed E-state index contributed by atoms with van der Waals surface area (Å²) in [5.74, 6) is 0. The minimum absolute atomic E-state index is 0.0126. The predicted molar refractivity (Wildman–Crippen MR) is 98.6 cm³/mol. The fourth-order valence-electron chi connectivity index (χ4n) is 2.26. The number of halogens is 2. The van der Waals surface area contributed by atoms with Gasteiger partial charge in [0, 0.05) is 10.8 Å². The Morgan fingerprint density at radius 2 is 1.17 bits per heavy atom. The first-order valence-corrected chi connectivity index (χ1v) is 10.2. The van der Waals surface area contributed by atoms with Gasteiger partial charge in [-0.25, -0.2) is 0 Å². The van der Waals surface area contributed by atoms with Gasteiger partial charge in [0.25, 0.3) is 0 Å². The van der Waals surface area contributed by atoms with Crippen LogP contribution in [0.15, 0.2) is 0 Å². The first-order valence-electron chi connectivity index (χ1n) is 8.33. The molecule has 1 saturated heterocycles. The second kappa shape index (κ2) is 11.4. The molecule has 1 aliphatic heterocycles. The van der Waals surface area contributed by atoms with E-state index in [1.54, 1.807) is 0 Å². The summed E-state index contributed by atoms with van der Waals surface area (Å²) in [4.78, 5) is 0. The normalized spacial score (nSPS) is 37.8. The van der Waals surface area contributed by atoms with Crippen molar-refractivity contribution in [3.8, 4) is 0 Å². The molecule has 0 aromatic carbocycles. The standard InChI is InChI=1S/C16H30Br2O6/c1-3-15(7-19)9-21-5-14(18)24-12-16(4-2,8-20)10-22-6-13(17)23-11-15/h13-14,19-20H,3-12H2,1-2H3. The molecule has 4 atom stereocenters. The summed E-state index contributed by atoms with van der Waals surface area (Å²) in [5.41, 5.74) is -0.887. The highest BCUT2D eigenvalue weighted by Gasteiger charge is 2.32. The molecule has 0 aromatic rings. The number of hydrogen-bond donors (Lipinski definition) is 2. The number of ether oxygens (including phenoxy) is 4. The van der Waals surface area contributed by atoms with Gasteiger partial charge in [0.2, 0.25) is 0 Å². The zero-order chi connectivity index (χ0) is 18.1. The Hall–Kier alpha value is 0.720. The van der Waals surface area contributed by atoms with Crippen LogP contribution in [0.25, 0.3) is 0 Å². The molecule has 6 nitrogen and oxygen atoms in total. The molecule has 0 aliphatic carbocycles. The van der Waals surface area contributed by atoms with Crippen molar-refractivity contribution in [3.63, 3.8) is 0 Å². The Labute approximate surface area is 161 Å². The van der Waals surface area contributed by atoms with Gasteiger partial charge in [0.15, 0.2) is 0 Å². The second-order valence-corrected chi connectivity index (χ2v) is 8.54. The number of aliphatic hydroxyl groups is 2. The average Bonchev–Trinajstić information content (AvgIpc) is 2.60. The third-order valence-corrected chi connectivity index (χ3v) is 5.68. The van der Waals surface area contributed by atoms with Crippen LogP contribution < -0.4 is 0 Å². The molecular formula is C16H30Br2O6. The maximum atomic E-state index is 9.75. The summed E-state index contributed by atoms with van der Waals surface area (Å²) >= 11 is 6.89. The predicted octanol–water partition coefficient (Wildman–Crippen LogP) is 2.29. The highest BCUT2D eigenvalue weighted by atomic mass is 79.9.